The van der Waals surface area contributed by atoms with Gasteiger partial charge in [0.05, 0.1) is 42.0 Å². The number of hydrogen-bond donors (Lipinski definition) is 4. The number of rotatable bonds is 15. The Kier molecular flexibility index (Phi) is 13.9. The lowest BCUT2D eigenvalue weighted by molar-refractivity contribution is -0.145. The zero-order valence-corrected chi connectivity index (χ0v) is 36.9. The summed E-state index contributed by atoms with van der Waals surface area (Å²) in [5.41, 5.74) is 5.43. The van der Waals surface area contributed by atoms with E-state index in [1.165, 1.54) is 0 Å². The highest BCUT2D eigenvalue weighted by molar-refractivity contribution is 6.04. The number of piperidine rings is 1. The molecule has 3 atom stereocenters. The fourth-order valence-electron chi connectivity index (χ4n) is 8.24. The van der Waals surface area contributed by atoms with Crippen LogP contribution >= 0.6 is 0 Å². The van der Waals surface area contributed by atoms with Crippen LogP contribution in [0.3, 0.4) is 0 Å². The molecule has 2 aliphatic heterocycles. The second-order valence-electron chi connectivity index (χ2n) is 17.2. The van der Waals surface area contributed by atoms with Crippen molar-refractivity contribution in [3.63, 3.8) is 0 Å². The summed E-state index contributed by atoms with van der Waals surface area (Å²) in [7, 11) is 1.56. The molecule has 0 bridgehead atoms. The molecule has 0 saturated carbocycles. The highest BCUT2D eigenvalue weighted by Crippen LogP contribution is 2.33. The predicted molar refractivity (Wildman–Crippen MR) is 240 cm³/mol. The molecule has 332 valence electrons. The quantitative estimate of drug-likeness (QED) is 0.0973. The summed E-state index contributed by atoms with van der Waals surface area (Å²) in [5, 5.41) is 20.2. The predicted octanol–water partition coefficient (Wildman–Crippen LogP) is 6.00. The number of aromatic nitrogens is 5. The molecule has 0 unspecified atom stereocenters. The van der Waals surface area contributed by atoms with Crippen LogP contribution in [0.4, 0.5) is 11.4 Å². The van der Waals surface area contributed by atoms with Crippen molar-refractivity contribution in [3.8, 4) is 28.4 Å². The van der Waals surface area contributed by atoms with E-state index in [-0.39, 0.29) is 48.1 Å². The normalized spacial score (nSPS) is 16.6. The second kappa shape index (κ2) is 19.7. The first-order valence-electron chi connectivity index (χ1n) is 21.7. The summed E-state index contributed by atoms with van der Waals surface area (Å²) in [4.78, 5) is 62.7. The van der Waals surface area contributed by atoms with Gasteiger partial charge in [0.2, 0.25) is 17.7 Å². The number of likely N-dealkylation sites (tertiary alicyclic amines) is 1. The number of methoxy groups -OCH3 is 1. The molecule has 2 aromatic carbocycles. The molecule has 16 heteroatoms. The summed E-state index contributed by atoms with van der Waals surface area (Å²) in [6.07, 6.45) is 5.88. The Morgan fingerprint density at radius 2 is 1.70 bits per heavy atom. The van der Waals surface area contributed by atoms with Crippen LogP contribution in [-0.4, -0.2) is 105 Å². The van der Waals surface area contributed by atoms with E-state index < -0.39 is 17.5 Å². The summed E-state index contributed by atoms with van der Waals surface area (Å²) >= 11 is 0. The van der Waals surface area contributed by atoms with E-state index in [0.29, 0.717) is 68.1 Å². The number of carbonyl (C=O) groups is 4. The molecule has 63 heavy (non-hydrogen) atoms. The number of nitrogens with one attached hydrogen (secondary N) is 4. The zero-order valence-electron chi connectivity index (χ0n) is 36.9. The van der Waals surface area contributed by atoms with Gasteiger partial charge in [-0.25, -0.2) is 4.98 Å². The lowest BCUT2D eigenvalue weighted by atomic mass is 9.85. The fourth-order valence-corrected chi connectivity index (χ4v) is 8.24. The SMILES string of the molecule is CCn1nccc1-c1ccc([C@H](C)NC(=O)[C@@H]2CCCN2C(=O)[C@@H](NC(=O)COC2CCN(c3ccc(NC(=O)c4cccc(-c5ccn[nH]5)n4)c(OC)c3)CC2)C(C)(C)C)cc1. The maximum Gasteiger partial charge on any atom is 0.274 e. The number of aryl methyl sites for hydroxylation is 1. The molecular formula is C47H58N10O6. The Morgan fingerprint density at radius 3 is 2.40 bits per heavy atom. The maximum atomic E-state index is 14.2. The van der Waals surface area contributed by atoms with E-state index in [9.17, 15) is 19.2 Å². The smallest absolute Gasteiger partial charge is 0.274 e. The number of ether oxygens (including phenoxy) is 2. The first kappa shape index (κ1) is 44.5. The minimum Gasteiger partial charge on any atom is -0.494 e. The van der Waals surface area contributed by atoms with E-state index in [1.54, 1.807) is 48.7 Å². The molecule has 3 aromatic heterocycles. The lowest BCUT2D eigenvalue weighted by Gasteiger charge is -2.36. The van der Waals surface area contributed by atoms with Crippen molar-refractivity contribution < 1.29 is 28.7 Å². The molecule has 5 heterocycles. The van der Waals surface area contributed by atoms with Gasteiger partial charge in [-0.1, -0.05) is 51.1 Å². The Hall–Kier alpha value is -6.55. The van der Waals surface area contributed by atoms with Crippen molar-refractivity contribution >= 4 is 35.0 Å². The average Bonchev–Trinajstić information content (AvgIpc) is 4.11. The fraction of sp³-hybridized carbons (Fsp3) is 0.426. The van der Waals surface area contributed by atoms with Gasteiger partial charge in [0.1, 0.15) is 30.1 Å². The van der Waals surface area contributed by atoms with E-state index in [0.717, 1.165) is 29.1 Å². The number of carbonyl (C=O) groups excluding carboxylic acids is 4. The van der Waals surface area contributed by atoms with Crippen LogP contribution in [0.1, 0.15) is 82.4 Å². The van der Waals surface area contributed by atoms with Gasteiger partial charge < -0.3 is 35.2 Å². The number of hydrogen-bond acceptors (Lipinski definition) is 10. The third-order valence-electron chi connectivity index (χ3n) is 11.8. The third-order valence-corrected chi connectivity index (χ3v) is 11.8. The first-order valence-corrected chi connectivity index (χ1v) is 21.7. The number of benzene rings is 2. The van der Waals surface area contributed by atoms with Crippen LogP contribution in [0.25, 0.3) is 22.6 Å². The standard InChI is InChI=1S/C47H58N10O6/c1-7-57-39(20-24-49-57)32-15-13-31(14-16-32)30(2)50-45(60)40-12-9-25-56(40)46(61)43(47(3,4)5)53-42(58)29-63-34-21-26-55(27-22-34)33-17-18-37(41(28-33)62-6)52-44(59)38-11-8-10-35(51-38)36-19-23-48-54-36/h8,10-11,13-20,23-24,28,30,34,40,43H,7,9,12,21-22,25-27,29H2,1-6H3,(H,48,54)(H,50,60)(H,52,59)(H,53,58)/t30-,40-,43+/m0/s1. The number of nitrogens with zero attached hydrogens (tertiary/aromatic N) is 6. The van der Waals surface area contributed by atoms with Crippen molar-refractivity contribution in [3.05, 3.63) is 96.4 Å². The summed E-state index contributed by atoms with van der Waals surface area (Å²) < 4.78 is 13.7. The molecular weight excluding hydrogens is 801 g/mol. The maximum absolute atomic E-state index is 14.2. The van der Waals surface area contributed by atoms with Crippen molar-refractivity contribution in [2.75, 3.05) is 43.6 Å². The summed E-state index contributed by atoms with van der Waals surface area (Å²) in [6.45, 7) is 12.1. The van der Waals surface area contributed by atoms with E-state index in [1.807, 2.05) is 80.9 Å². The molecule has 7 rings (SSSR count). The molecule has 2 aliphatic rings. The minimum atomic E-state index is -0.850. The molecule has 0 aliphatic carbocycles. The van der Waals surface area contributed by atoms with Crippen LogP contribution in [0.5, 0.6) is 5.75 Å². The van der Waals surface area contributed by atoms with E-state index >= 15 is 0 Å². The van der Waals surface area contributed by atoms with Gasteiger partial charge in [0.15, 0.2) is 0 Å². The van der Waals surface area contributed by atoms with Gasteiger partial charge in [-0.05, 0) is 92.5 Å². The van der Waals surface area contributed by atoms with Crippen molar-refractivity contribution in [1.82, 2.24) is 40.5 Å². The minimum absolute atomic E-state index is 0.147. The van der Waals surface area contributed by atoms with Crippen LogP contribution < -0.4 is 25.6 Å². The van der Waals surface area contributed by atoms with Crippen molar-refractivity contribution in [1.29, 1.82) is 0 Å². The number of anilines is 2. The van der Waals surface area contributed by atoms with Crippen molar-refractivity contribution in [2.45, 2.75) is 91.1 Å². The molecule has 0 radical (unpaired) electrons. The summed E-state index contributed by atoms with van der Waals surface area (Å²) in [5.74, 6) is -0.722. The average molecular weight is 859 g/mol. The molecule has 4 N–H and O–H groups in total. The zero-order chi connectivity index (χ0) is 44.7. The largest absolute Gasteiger partial charge is 0.494 e. The number of pyridine rings is 1. The topological polar surface area (TPSA) is 189 Å². The van der Waals surface area contributed by atoms with E-state index in [2.05, 4.69) is 48.1 Å². The highest BCUT2D eigenvalue weighted by atomic mass is 16.5. The third kappa shape index (κ3) is 10.6. The highest BCUT2D eigenvalue weighted by Gasteiger charge is 2.42. The summed E-state index contributed by atoms with van der Waals surface area (Å²) in [6, 6.07) is 20.9. The molecule has 5 aromatic rings. The monoisotopic (exact) mass is 858 g/mol. The van der Waals surface area contributed by atoms with Gasteiger partial charge >= 0.3 is 0 Å². The number of aromatic amines is 1. The lowest BCUT2D eigenvalue weighted by Crippen LogP contribution is -2.58. The Balaban J connectivity index is 0.886. The molecule has 4 amide bonds. The van der Waals surface area contributed by atoms with E-state index in [4.69, 9.17) is 9.47 Å². The first-order chi connectivity index (χ1) is 30.3. The van der Waals surface area contributed by atoms with Crippen LogP contribution in [0, 0.1) is 5.41 Å². The van der Waals surface area contributed by atoms with Crippen molar-refractivity contribution in [2.24, 2.45) is 5.41 Å². The Bertz CT molecular complexity index is 2370. The number of H-pyrrole nitrogens is 1. The molecule has 0 spiro atoms. The van der Waals surface area contributed by atoms with Gasteiger partial charge in [-0.3, -0.25) is 29.0 Å². The van der Waals surface area contributed by atoms with Crippen LogP contribution in [-0.2, 0) is 25.7 Å². The van der Waals surface area contributed by atoms with Crippen LogP contribution in [0.2, 0.25) is 0 Å². The van der Waals surface area contributed by atoms with Crippen LogP contribution in [0.15, 0.2) is 85.2 Å². The second-order valence-corrected chi connectivity index (χ2v) is 17.2. The molecule has 2 saturated heterocycles. The van der Waals surface area contributed by atoms with Gasteiger partial charge in [-0.15, -0.1) is 0 Å². The Morgan fingerprint density at radius 1 is 0.921 bits per heavy atom. The van der Waals surface area contributed by atoms with Gasteiger partial charge in [0.25, 0.3) is 5.91 Å². The molecule has 2 fully saturated rings. The number of amides is 4. The molecule has 16 nitrogen and oxygen atoms in total. The van der Waals surface area contributed by atoms with Gasteiger partial charge in [0, 0.05) is 50.3 Å². The van der Waals surface area contributed by atoms with Gasteiger partial charge in [-0.2, -0.15) is 10.2 Å². The Labute approximate surface area is 368 Å².